The number of rotatable bonds is 4. The highest BCUT2D eigenvalue weighted by Crippen LogP contribution is 2.28. The SMILES string of the molecule is Nc1cnn(-c2ccccc2)c(=O)c1Br.Nc1cnn(-c2ccccc2)c(=O)c1Cl.Nc1cnn(C2CCCCC2)c(=O)c1Br.Nc1cnn(C2CCCCC2)c(=O)c1Cl. The molecule has 16 nitrogen and oxygen atoms in total. The maximum absolute atomic E-state index is 11.9. The fraction of sp³-hybridized carbons (Fsp3) is 0.300. The van der Waals surface area contributed by atoms with Crippen molar-refractivity contribution in [3.05, 3.63) is 146 Å². The molecule has 6 aromatic rings. The third kappa shape index (κ3) is 11.5. The highest BCUT2D eigenvalue weighted by atomic mass is 79.9. The van der Waals surface area contributed by atoms with E-state index < -0.39 is 5.56 Å². The van der Waals surface area contributed by atoms with E-state index >= 15 is 0 Å². The van der Waals surface area contributed by atoms with Crippen LogP contribution in [0.4, 0.5) is 22.7 Å². The predicted octanol–water partition coefficient (Wildman–Crippen LogP) is 7.12. The number of aromatic nitrogens is 8. The average molecular weight is 988 g/mol. The predicted molar refractivity (Wildman–Crippen MR) is 244 cm³/mol. The molecule has 20 heteroatoms. The molecule has 8 N–H and O–H groups in total. The molecule has 8 rings (SSSR count). The summed E-state index contributed by atoms with van der Waals surface area (Å²) in [7, 11) is 0. The number of halogens is 4. The van der Waals surface area contributed by atoms with Gasteiger partial charge in [-0.3, -0.25) is 19.2 Å². The Bertz CT molecular complexity index is 2430. The second kappa shape index (κ2) is 21.8. The lowest BCUT2D eigenvalue weighted by atomic mass is 9.96. The topological polar surface area (TPSA) is 244 Å². The van der Waals surface area contributed by atoms with E-state index in [1.807, 2.05) is 36.4 Å². The highest BCUT2D eigenvalue weighted by Gasteiger charge is 2.20. The molecule has 0 spiro atoms. The summed E-state index contributed by atoms with van der Waals surface area (Å²) in [6.07, 6.45) is 17.1. The van der Waals surface area contributed by atoms with E-state index in [0.29, 0.717) is 31.7 Å². The van der Waals surface area contributed by atoms with Crippen LogP contribution < -0.4 is 45.2 Å². The van der Waals surface area contributed by atoms with Crippen LogP contribution in [0.2, 0.25) is 10.0 Å². The molecule has 316 valence electrons. The van der Waals surface area contributed by atoms with Crippen LogP contribution in [0.1, 0.15) is 76.3 Å². The molecule has 4 aromatic heterocycles. The molecule has 2 aliphatic rings. The van der Waals surface area contributed by atoms with Gasteiger partial charge in [0.05, 0.1) is 71.0 Å². The van der Waals surface area contributed by atoms with Crippen molar-refractivity contribution in [2.45, 2.75) is 76.3 Å². The van der Waals surface area contributed by atoms with Crippen LogP contribution in [-0.2, 0) is 0 Å². The molecule has 0 bridgehead atoms. The van der Waals surface area contributed by atoms with Gasteiger partial charge in [0.25, 0.3) is 22.2 Å². The van der Waals surface area contributed by atoms with E-state index in [4.69, 9.17) is 46.1 Å². The van der Waals surface area contributed by atoms with Gasteiger partial charge in [0, 0.05) is 0 Å². The fourth-order valence-electron chi connectivity index (χ4n) is 6.48. The molecule has 4 heterocycles. The molecule has 0 radical (unpaired) electrons. The number of anilines is 4. The first-order chi connectivity index (χ1) is 28.8. The Kier molecular flexibility index (Phi) is 16.6. The Balaban J connectivity index is 0.000000152. The molecule has 60 heavy (non-hydrogen) atoms. The molecular formula is C40H44Br2Cl2N12O4. The molecule has 0 amide bonds. The summed E-state index contributed by atoms with van der Waals surface area (Å²) in [4.78, 5) is 47.1. The van der Waals surface area contributed by atoms with Crippen molar-refractivity contribution in [3.8, 4) is 11.4 Å². The molecule has 0 saturated heterocycles. The molecule has 2 aliphatic carbocycles. The summed E-state index contributed by atoms with van der Waals surface area (Å²) in [6.45, 7) is 0. The molecular weight excluding hydrogens is 943 g/mol. The van der Waals surface area contributed by atoms with Gasteiger partial charge in [-0.1, -0.05) is 98.1 Å². The van der Waals surface area contributed by atoms with E-state index in [-0.39, 0.29) is 50.2 Å². The number of nitrogens with zero attached hydrogens (tertiary/aromatic N) is 8. The minimum Gasteiger partial charge on any atom is -0.396 e. The van der Waals surface area contributed by atoms with Crippen molar-refractivity contribution in [2.75, 3.05) is 22.9 Å². The van der Waals surface area contributed by atoms with Crippen molar-refractivity contribution in [2.24, 2.45) is 0 Å². The van der Waals surface area contributed by atoms with Crippen molar-refractivity contribution < 1.29 is 0 Å². The van der Waals surface area contributed by atoms with Gasteiger partial charge in [0.15, 0.2) is 0 Å². The van der Waals surface area contributed by atoms with Crippen LogP contribution in [0, 0.1) is 0 Å². The monoisotopic (exact) mass is 984 g/mol. The Hall–Kier alpha value is -5.30. The Labute approximate surface area is 371 Å². The van der Waals surface area contributed by atoms with Crippen LogP contribution in [0.15, 0.2) is 114 Å². The number of hydrogen-bond donors (Lipinski definition) is 4. The zero-order valence-corrected chi connectivity index (χ0v) is 37.0. The lowest BCUT2D eigenvalue weighted by Crippen LogP contribution is -2.29. The molecule has 0 atom stereocenters. The second-order valence-electron chi connectivity index (χ2n) is 13.8. The van der Waals surface area contributed by atoms with Crippen molar-refractivity contribution in [1.29, 1.82) is 0 Å². The van der Waals surface area contributed by atoms with Crippen molar-refractivity contribution in [1.82, 2.24) is 39.1 Å². The maximum Gasteiger partial charge on any atom is 0.292 e. The van der Waals surface area contributed by atoms with Crippen LogP contribution in [0.5, 0.6) is 0 Å². The molecule has 2 fully saturated rings. The minimum absolute atomic E-state index is 0.00569. The van der Waals surface area contributed by atoms with E-state index in [1.165, 1.54) is 58.3 Å². The first-order valence-corrected chi connectivity index (χ1v) is 21.4. The summed E-state index contributed by atoms with van der Waals surface area (Å²) in [5.41, 5.74) is 23.6. The number of nitrogens with two attached hydrogens (primary N) is 4. The van der Waals surface area contributed by atoms with Gasteiger partial charge >= 0.3 is 0 Å². The normalized spacial score (nSPS) is 14.1. The van der Waals surface area contributed by atoms with E-state index in [1.54, 1.807) is 35.1 Å². The summed E-state index contributed by atoms with van der Waals surface area (Å²) >= 11 is 17.9. The number of nitrogen functional groups attached to an aromatic ring is 4. The standard InChI is InChI=1S/C10H14BrN3O.C10H8BrN3O.C10H14ClN3O.C10H8ClN3O/c4*11-9-8(12)6-13-14(10(9)15)7-4-2-1-3-5-7/h6-7H,1-5,12H2;1-6H,12H2;6-7H,1-5,12H2;1-6H,12H2. The highest BCUT2D eigenvalue weighted by molar-refractivity contribution is 9.11. The first kappa shape index (κ1) is 45.8. The molecule has 2 saturated carbocycles. The Morgan fingerprint density at radius 1 is 0.467 bits per heavy atom. The lowest BCUT2D eigenvalue weighted by molar-refractivity contribution is 0.318. The van der Waals surface area contributed by atoms with Gasteiger partial charge in [-0.2, -0.15) is 29.8 Å². The van der Waals surface area contributed by atoms with Gasteiger partial charge in [0.1, 0.15) is 19.0 Å². The number of para-hydroxylation sites is 2. The minimum atomic E-state index is -0.414. The van der Waals surface area contributed by atoms with Gasteiger partial charge < -0.3 is 22.9 Å². The average Bonchev–Trinajstić information content (AvgIpc) is 3.28. The summed E-state index contributed by atoms with van der Waals surface area (Å²) < 4.78 is 6.32. The van der Waals surface area contributed by atoms with Crippen LogP contribution in [0.25, 0.3) is 11.4 Å². The third-order valence-corrected chi connectivity index (χ3v) is 12.0. The van der Waals surface area contributed by atoms with Crippen LogP contribution >= 0.6 is 55.1 Å². The van der Waals surface area contributed by atoms with Gasteiger partial charge in [-0.15, -0.1) is 0 Å². The molecule has 0 unspecified atom stereocenters. The molecule has 2 aromatic carbocycles. The largest absolute Gasteiger partial charge is 0.396 e. The number of hydrogen-bond acceptors (Lipinski definition) is 12. The Morgan fingerprint density at radius 2 is 0.817 bits per heavy atom. The summed E-state index contributed by atoms with van der Waals surface area (Å²) in [5, 5.41) is 16.1. The zero-order chi connectivity index (χ0) is 43.3. The summed E-state index contributed by atoms with van der Waals surface area (Å²) in [6, 6.07) is 18.6. The Morgan fingerprint density at radius 3 is 1.28 bits per heavy atom. The van der Waals surface area contributed by atoms with Gasteiger partial charge in [-0.25, -0.2) is 9.36 Å². The lowest BCUT2D eigenvalue weighted by Gasteiger charge is -2.22. The number of benzene rings is 2. The summed E-state index contributed by atoms with van der Waals surface area (Å²) in [5.74, 6) is 0. The van der Waals surface area contributed by atoms with Crippen LogP contribution in [-0.4, -0.2) is 39.1 Å². The van der Waals surface area contributed by atoms with E-state index in [2.05, 4.69) is 52.3 Å². The second-order valence-corrected chi connectivity index (χ2v) is 16.2. The quantitative estimate of drug-likeness (QED) is 0.138. The van der Waals surface area contributed by atoms with Crippen molar-refractivity contribution >= 4 is 77.8 Å². The van der Waals surface area contributed by atoms with Gasteiger partial charge in [0.2, 0.25) is 0 Å². The van der Waals surface area contributed by atoms with Crippen molar-refractivity contribution in [3.63, 3.8) is 0 Å². The zero-order valence-electron chi connectivity index (χ0n) is 32.3. The third-order valence-electron chi connectivity index (χ3n) is 9.68. The van der Waals surface area contributed by atoms with Crippen LogP contribution in [0.3, 0.4) is 0 Å². The van der Waals surface area contributed by atoms with E-state index in [9.17, 15) is 19.2 Å². The first-order valence-electron chi connectivity index (χ1n) is 19.0. The molecule has 0 aliphatic heterocycles. The van der Waals surface area contributed by atoms with E-state index in [0.717, 1.165) is 38.5 Å². The fourth-order valence-corrected chi connectivity index (χ4v) is 7.30. The maximum atomic E-state index is 11.9. The van der Waals surface area contributed by atoms with Gasteiger partial charge in [-0.05, 0) is 81.8 Å². The smallest absolute Gasteiger partial charge is 0.292 e.